The summed E-state index contributed by atoms with van der Waals surface area (Å²) in [6.07, 6.45) is 0.0332. The van der Waals surface area contributed by atoms with Gasteiger partial charge < -0.3 is 15.4 Å². The first-order valence-corrected chi connectivity index (χ1v) is 8.63. The summed E-state index contributed by atoms with van der Waals surface area (Å²) in [6.45, 7) is 0.648. The molecular weight excluding hydrogens is 410 g/mol. The lowest BCUT2D eigenvalue weighted by Crippen LogP contribution is -2.33. The fourth-order valence-corrected chi connectivity index (χ4v) is 2.44. The van der Waals surface area contributed by atoms with Crippen molar-refractivity contribution in [3.05, 3.63) is 64.1 Å². The zero-order valence-electron chi connectivity index (χ0n) is 13.7. The predicted molar refractivity (Wildman–Crippen MR) is 96.0 cm³/mol. The number of benzene rings is 2. The van der Waals surface area contributed by atoms with Gasteiger partial charge in [-0.25, -0.2) is 8.78 Å². The Hall–Kier alpha value is -2.48. The van der Waals surface area contributed by atoms with Gasteiger partial charge in [0.15, 0.2) is 0 Å². The number of nitrogens with one attached hydrogen (secondary N) is 2. The quantitative estimate of drug-likeness (QED) is 0.637. The van der Waals surface area contributed by atoms with Crippen molar-refractivity contribution < 1.29 is 23.1 Å². The van der Waals surface area contributed by atoms with Gasteiger partial charge in [-0.2, -0.15) is 0 Å². The molecular formula is C18H17BrF2N2O3. The molecule has 0 saturated carbocycles. The molecule has 5 nitrogen and oxygen atoms in total. The largest absolute Gasteiger partial charge is 0.492 e. The molecule has 2 rings (SSSR count). The average Bonchev–Trinajstić information content (AvgIpc) is 2.58. The van der Waals surface area contributed by atoms with Gasteiger partial charge in [-0.05, 0) is 30.3 Å². The van der Waals surface area contributed by atoms with Crippen LogP contribution < -0.4 is 15.4 Å². The highest BCUT2D eigenvalue weighted by molar-refractivity contribution is 9.10. The van der Waals surface area contributed by atoms with Crippen LogP contribution in [0.3, 0.4) is 0 Å². The molecule has 0 heterocycles. The lowest BCUT2D eigenvalue weighted by molar-refractivity contribution is -0.121. The second-order valence-corrected chi connectivity index (χ2v) is 6.20. The maximum atomic E-state index is 13.5. The molecule has 0 fully saturated rings. The van der Waals surface area contributed by atoms with Crippen molar-refractivity contribution in [2.45, 2.75) is 6.42 Å². The van der Waals surface area contributed by atoms with Crippen LogP contribution in [0.25, 0.3) is 0 Å². The summed E-state index contributed by atoms with van der Waals surface area (Å²) in [4.78, 5) is 23.5. The van der Waals surface area contributed by atoms with E-state index in [9.17, 15) is 18.4 Å². The molecule has 2 aromatic rings. The minimum absolute atomic E-state index is 0.0332. The molecule has 0 atom stereocenters. The smallest absolute Gasteiger partial charge is 0.254 e. The third-order valence-electron chi connectivity index (χ3n) is 3.30. The number of carbonyl (C=O) groups is 2. The number of ether oxygens (including phenoxy) is 1. The molecule has 0 radical (unpaired) electrons. The van der Waals surface area contributed by atoms with Crippen LogP contribution in [-0.4, -0.2) is 31.5 Å². The van der Waals surface area contributed by atoms with Crippen LogP contribution >= 0.6 is 15.9 Å². The van der Waals surface area contributed by atoms with E-state index in [1.807, 2.05) is 18.2 Å². The Bertz CT molecular complexity index is 787. The molecule has 0 saturated heterocycles. The Kier molecular flexibility index (Phi) is 7.53. The van der Waals surface area contributed by atoms with Crippen molar-refractivity contribution in [1.29, 1.82) is 0 Å². The van der Waals surface area contributed by atoms with E-state index in [2.05, 4.69) is 26.6 Å². The van der Waals surface area contributed by atoms with E-state index in [0.29, 0.717) is 25.0 Å². The van der Waals surface area contributed by atoms with E-state index in [1.54, 1.807) is 6.07 Å². The third-order valence-corrected chi connectivity index (χ3v) is 3.80. The number of amides is 2. The Morgan fingerprint density at radius 3 is 2.58 bits per heavy atom. The Balaban J connectivity index is 1.63. The fraction of sp³-hybridized carbons (Fsp3) is 0.222. The molecule has 0 aliphatic heterocycles. The highest BCUT2D eigenvalue weighted by Crippen LogP contribution is 2.17. The molecule has 2 amide bonds. The molecule has 2 aromatic carbocycles. The van der Waals surface area contributed by atoms with Crippen molar-refractivity contribution in [3.8, 4) is 5.75 Å². The van der Waals surface area contributed by atoms with Gasteiger partial charge in [0.2, 0.25) is 5.91 Å². The summed E-state index contributed by atoms with van der Waals surface area (Å²) in [6, 6.07) is 10.0. The molecule has 138 valence electrons. The number of rotatable bonds is 8. The van der Waals surface area contributed by atoms with Gasteiger partial charge in [0.05, 0.1) is 12.1 Å². The topological polar surface area (TPSA) is 67.4 Å². The molecule has 0 aliphatic carbocycles. The highest BCUT2D eigenvalue weighted by atomic mass is 79.9. The van der Waals surface area contributed by atoms with Gasteiger partial charge in [-0.15, -0.1) is 0 Å². The molecule has 0 aliphatic rings. The SMILES string of the molecule is O=C(CCNC(=O)c1ccc(F)cc1F)NCCOc1cccc(Br)c1. The number of hydrogen-bond donors (Lipinski definition) is 2. The summed E-state index contributed by atoms with van der Waals surface area (Å²) in [7, 11) is 0. The fourth-order valence-electron chi connectivity index (χ4n) is 2.06. The summed E-state index contributed by atoms with van der Waals surface area (Å²) >= 11 is 3.33. The second-order valence-electron chi connectivity index (χ2n) is 5.29. The van der Waals surface area contributed by atoms with Crippen LogP contribution in [0, 0.1) is 11.6 Å². The van der Waals surface area contributed by atoms with Gasteiger partial charge in [0.1, 0.15) is 24.0 Å². The zero-order valence-corrected chi connectivity index (χ0v) is 15.3. The van der Waals surface area contributed by atoms with Crippen LogP contribution in [0.2, 0.25) is 0 Å². The molecule has 0 unspecified atom stereocenters. The van der Waals surface area contributed by atoms with Crippen molar-refractivity contribution >= 4 is 27.7 Å². The molecule has 8 heteroatoms. The van der Waals surface area contributed by atoms with E-state index in [-0.39, 0.29) is 24.4 Å². The lowest BCUT2D eigenvalue weighted by Gasteiger charge is -2.09. The molecule has 0 bridgehead atoms. The Labute approximate surface area is 157 Å². The zero-order chi connectivity index (χ0) is 18.9. The van der Waals surface area contributed by atoms with Gasteiger partial charge in [-0.1, -0.05) is 22.0 Å². The van der Waals surface area contributed by atoms with E-state index >= 15 is 0 Å². The van der Waals surface area contributed by atoms with Crippen molar-refractivity contribution in [3.63, 3.8) is 0 Å². The van der Waals surface area contributed by atoms with Crippen molar-refractivity contribution in [2.24, 2.45) is 0 Å². The first-order valence-electron chi connectivity index (χ1n) is 7.84. The van der Waals surface area contributed by atoms with Crippen molar-refractivity contribution in [1.82, 2.24) is 10.6 Å². The van der Waals surface area contributed by atoms with Gasteiger partial charge >= 0.3 is 0 Å². The highest BCUT2D eigenvalue weighted by Gasteiger charge is 2.12. The van der Waals surface area contributed by atoms with E-state index in [1.165, 1.54) is 0 Å². The first kappa shape index (κ1) is 19.8. The number of halogens is 3. The predicted octanol–water partition coefficient (Wildman–Crippen LogP) is 3.04. The summed E-state index contributed by atoms with van der Waals surface area (Å²) in [5.74, 6) is -2.00. The Morgan fingerprint density at radius 2 is 1.85 bits per heavy atom. The Morgan fingerprint density at radius 1 is 1.04 bits per heavy atom. The minimum Gasteiger partial charge on any atom is -0.492 e. The van der Waals surface area contributed by atoms with Crippen molar-refractivity contribution in [2.75, 3.05) is 19.7 Å². The summed E-state index contributed by atoms with van der Waals surface area (Å²) in [5, 5.41) is 5.06. The number of hydrogen-bond acceptors (Lipinski definition) is 3. The first-order chi connectivity index (χ1) is 12.5. The molecule has 0 spiro atoms. The molecule has 2 N–H and O–H groups in total. The third kappa shape index (κ3) is 6.44. The lowest BCUT2D eigenvalue weighted by atomic mass is 10.2. The monoisotopic (exact) mass is 426 g/mol. The summed E-state index contributed by atoms with van der Waals surface area (Å²) < 4.78 is 32.6. The normalized spacial score (nSPS) is 10.3. The van der Waals surface area contributed by atoms with Gasteiger partial charge in [0, 0.05) is 23.5 Å². The van der Waals surface area contributed by atoms with E-state index in [4.69, 9.17) is 4.74 Å². The van der Waals surface area contributed by atoms with Crippen LogP contribution in [-0.2, 0) is 4.79 Å². The minimum atomic E-state index is -0.948. The van der Waals surface area contributed by atoms with Gasteiger partial charge in [-0.3, -0.25) is 9.59 Å². The van der Waals surface area contributed by atoms with E-state index < -0.39 is 17.5 Å². The van der Waals surface area contributed by atoms with Gasteiger partial charge in [0.25, 0.3) is 5.91 Å². The second kappa shape index (κ2) is 9.86. The molecule has 26 heavy (non-hydrogen) atoms. The van der Waals surface area contributed by atoms with Crippen LogP contribution in [0.15, 0.2) is 46.9 Å². The maximum absolute atomic E-state index is 13.5. The van der Waals surface area contributed by atoms with Crippen LogP contribution in [0.1, 0.15) is 16.8 Å². The van der Waals surface area contributed by atoms with Crippen LogP contribution in [0.4, 0.5) is 8.78 Å². The van der Waals surface area contributed by atoms with E-state index in [0.717, 1.165) is 16.6 Å². The molecule has 0 aromatic heterocycles. The maximum Gasteiger partial charge on any atom is 0.254 e. The average molecular weight is 427 g/mol. The van der Waals surface area contributed by atoms with Crippen LogP contribution in [0.5, 0.6) is 5.75 Å². The standard InChI is InChI=1S/C18H17BrF2N2O3/c19-12-2-1-3-14(10-12)26-9-8-22-17(24)6-7-23-18(25)15-5-4-13(20)11-16(15)21/h1-5,10-11H,6-9H2,(H,22,24)(H,23,25). The summed E-state index contributed by atoms with van der Waals surface area (Å²) in [5.41, 5.74) is -0.269. The number of carbonyl (C=O) groups excluding carboxylic acids is 2.